The van der Waals surface area contributed by atoms with Gasteiger partial charge in [-0.15, -0.1) is 9.42 Å². The van der Waals surface area contributed by atoms with Crippen molar-refractivity contribution >= 4 is 49.8 Å². The van der Waals surface area contributed by atoms with E-state index in [-0.39, 0.29) is 26.0 Å². The summed E-state index contributed by atoms with van der Waals surface area (Å²) in [5.74, 6) is -6.49. The lowest BCUT2D eigenvalue weighted by atomic mass is 9.89. The van der Waals surface area contributed by atoms with Crippen LogP contribution in [0.25, 0.3) is 0 Å². The zero-order chi connectivity index (χ0) is 64.2. The maximum Gasteiger partial charge on any atom is 0.694 e. The van der Waals surface area contributed by atoms with Gasteiger partial charge < -0.3 is 77.2 Å². The number of esters is 2. The van der Waals surface area contributed by atoms with Gasteiger partial charge in [-0.05, 0) is 40.0 Å². The molecule has 4 amide bonds. The highest BCUT2D eigenvalue weighted by atomic mass is 31.1. The number of amides is 4. The zero-order valence-corrected chi connectivity index (χ0v) is 53.0. The number of rotatable bonds is 50. The number of hydrogen-bond donors (Lipinski definition) is 11. The number of aliphatic hydroxyl groups is 4. The number of ether oxygens (including phenoxy) is 4. The van der Waals surface area contributed by atoms with E-state index in [0.29, 0.717) is 12.8 Å². The SMILES string of the molecule is CCCCCCCCCCCCCCCC(=O)OC([C@H](CO)OC(=O)CCCCCCCCCCCCCCC)[C@@](C)(N)C(=O)N[C@@H](CCC(=O)N(CC(C)O[C@H]1[C@H](O)[C@@H](CO)O[C@H](O)[C@@H]1NC(C)=O)[C@@H](C)C(=O)O)C(N)=O.NCCO[P+](=O)O. The van der Waals surface area contributed by atoms with Crippen molar-refractivity contribution in [1.82, 2.24) is 15.5 Å². The predicted molar refractivity (Wildman–Crippen MR) is 320 cm³/mol. The molecule has 1 aliphatic rings. The monoisotopic (exact) mass is 1240 g/mol. The summed E-state index contributed by atoms with van der Waals surface area (Å²) in [5.41, 5.74) is 15.0. The third-order valence-corrected chi connectivity index (χ3v) is 15.4. The number of hydrogen-bond acceptors (Lipinski definition) is 19. The summed E-state index contributed by atoms with van der Waals surface area (Å²) < 4.78 is 36.4. The van der Waals surface area contributed by atoms with Crippen LogP contribution < -0.4 is 27.8 Å². The highest BCUT2D eigenvalue weighted by Crippen LogP contribution is 2.26. The fourth-order valence-electron chi connectivity index (χ4n) is 9.88. The fourth-order valence-corrected chi connectivity index (χ4v) is 10.1. The Bertz CT molecular complexity index is 1870. The third-order valence-electron chi connectivity index (χ3n) is 15.0. The molecule has 1 aliphatic heterocycles. The van der Waals surface area contributed by atoms with Crippen LogP contribution >= 0.6 is 8.25 Å². The molecule has 25 nitrogen and oxygen atoms in total. The molecule has 0 aromatic heterocycles. The van der Waals surface area contributed by atoms with Gasteiger partial charge in [0.2, 0.25) is 23.6 Å². The highest BCUT2D eigenvalue weighted by molar-refractivity contribution is 7.32. The quantitative estimate of drug-likeness (QED) is 0.0204. The summed E-state index contributed by atoms with van der Waals surface area (Å²) in [6.07, 6.45) is 17.1. The molecule has 0 saturated carbocycles. The van der Waals surface area contributed by atoms with E-state index in [1.165, 1.54) is 117 Å². The van der Waals surface area contributed by atoms with Crippen LogP contribution in [-0.4, -0.2) is 176 Å². The minimum Gasteiger partial charge on any atom is -0.480 e. The Morgan fingerprint density at radius 1 is 0.718 bits per heavy atom. The lowest BCUT2D eigenvalue weighted by Gasteiger charge is -2.43. The van der Waals surface area contributed by atoms with Gasteiger partial charge in [0.25, 0.3) is 0 Å². The van der Waals surface area contributed by atoms with Gasteiger partial charge in [-0.2, -0.15) is 0 Å². The van der Waals surface area contributed by atoms with Crippen LogP contribution in [0.3, 0.4) is 0 Å². The number of carboxylic acid groups (broad SMARTS) is 1. The molecule has 1 saturated heterocycles. The molecule has 0 aliphatic carbocycles. The molecule has 85 heavy (non-hydrogen) atoms. The van der Waals surface area contributed by atoms with Gasteiger partial charge in [-0.25, -0.2) is 4.79 Å². The van der Waals surface area contributed by atoms with Crippen molar-refractivity contribution in [1.29, 1.82) is 0 Å². The summed E-state index contributed by atoms with van der Waals surface area (Å²) in [5, 5.41) is 56.6. The Balaban J connectivity index is 0.00000942. The first-order chi connectivity index (χ1) is 40.4. The Hall–Kier alpha value is -4.01. The zero-order valence-electron chi connectivity index (χ0n) is 52.1. The van der Waals surface area contributed by atoms with E-state index < -0.39 is 149 Å². The van der Waals surface area contributed by atoms with Crippen LogP contribution in [0.4, 0.5) is 0 Å². The average Bonchev–Trinajstić information content (AvgIpc) is 3.14. The summed E-state index contributed by atoms with van der Waals surface area (Å²) in [6, 6.07) is -4.39. The van der Waals surface area contributed by atoms with E-state index in [9.17, 15) is 63.7 Å². The van der Waals surface area contributed by atoms with Crippen molar-refractivity contribution in [2.24, 2.45) is 17.2 Å². The molecule has 0 spiro atoms. The Morgan fingerprint density at radius 2 is 1.16 bits per heavy atom. The van der Waals surface area contributed by atoms with E-state index in [1.54, 1.807) is 0 Å². The number of aliphatic carboxylic acids is 1. The van der Waals surface area contributed by atoms with Crippen LogP contribution in [0.5, 0.6) is 0 Å². The van der Waals surface area contributed by atoms with Crippen molar-refractivity contribution in [3.05, 3.63) is 0 Å². The highest BCUT2D eigenvalue weighted by Gasteiger charge is 2.49. The van der Waals surface area contributed by atoms with E-state index in [1.807, 2.05) is 0 Å². The van der Waals surface area contributed by atoms with Gasteiger partial charge in [0, 0.05) is 43.8 Å². The molecular weight excluding hydrogens is 1130 g/mol. The molecule has 3 unspecified atom stereocenters. The van der Waals surface area contributed by atoms with Crippen molar-refractivity contribution in [2.75, 3.05) is 32.9 Å². The van der Waals surface area contributed by atoms with Crippen molar-refractivity contribution in [2.45, 2.75) is 301 Å². The first-order valence-corrected chi connectivity index (χ1v) is 32.5. The first-order valence-electron chi connectivity index (χ1n) is 31.4. The number of nitrogens with two attached hydrogens (primary N) is 3. The van der Waals surface area contributed by atoms with Crippen LogP contribution in [0.1, 0.15) is 234 Å². The second-order valence-electron chi connectivity index (χ2n) is 22.7. The van der Waals surface area contributed by atoms with E-state index >= 15 is 0 Å². The molecule has 1 rings (SSSR count). The average molecular weight is 1240 g/mol. The molecular formula is C59H112N6O19P+. The number of nitrogens with zero attached hydrogens (tertiary/aromatic N) is 1. The van der Waals surface area contributed by atoms with E-state index in [0.717, 1.165) is 69.6 Å². The molecule has 26 heteroatoms. The maximum atomic E-state index is 14.2. The van der Waals surface area contributed by atoms with Crippen molar-refractivity contribution in [3.8, 4) is 0 Å². The van der Waals surface area contributed by atoms with Gasteiger partial charge in [-0.3, -0.25) is 28.8 Å². The molecule has 496 valence electrons. The smallest absolute Gasteiger partial charge is 0.480 e. The molecule has 1 fully saturated rings. The van der Waals surface area contributed by atoms with Gasteiger partial charge >= 0.3 is 26.2 Å². The van der Waals surface area contributed by atoms with Crippen LogP contribution in [-0.2, 0) is 61.6 Å². The minimum atomic E-state index is -2.44. The Kier molecular flexibility index (Phi) is 46.6. The summed E-state index contributed by atoms with van der Waals surface area (Å²) in [4.78, 5) is 101. The first kappa shape index (κ1) is 81.0. The molecule has 0 bridgehead atoms. The van der Waals surface area contributed by atoms with Crippen LogP contribution in [0, 0.1) is 0 Å². The van der Waals surface area contributed by atoms with Gasteiger partial charge in [-0.1, -0.05) is 168 Å². The van der Waals surface area contributed by atoms with Gasteiger partial charge in [0.05, 0.1) is 19.3 Å². The predicted octanol–water partition coefficient (Wildman–Crippen LogP) is 5.49. The largest absolute Gasteiger partial charge is 0.694 e. The molecule has 0 aromatic carbocycles. The lowest BCUT2D eigenvalue weighted by molar-refractivity contribution is -0.268. The minimum absolute atomic E-state index is 0.00392. The number of primary amides is 1. The number of carboxylic acids is 1. The molecule has 14 N–H and O–H groups in total. The normalized spacial score (nSPS) is 19.4. The lowest BCUT2D eigenvalue weighted by Crippen LogP contribution is -2.66. The standard InChI is InChI=1S/C57H105N5O16.C2H6NO3P/c1-7-9-11-13-15-17-19-21-23-25-27-29-31-33-47(67)76-45(39-64)52(78-48(68)34-32-30-28-26-24-22-20-18-16-14-12-10-8-2)57(6,59)56(74)61-43(53(58)70)35-36-46(66)62(41(4)54(71)72)37-40(3)75-51-49(60-42(5)65)55(73)77-44(38-63)50(51)69;3-1-2-6-7(4)5/h40-41,43-45,49-52,55,63-64,69,73H,7-39,59H2,1-6H3,(H2,58,70)(H,60,65)(H,61,74)(H,71,72);1-3H2/p+1/t40?,41-,43-,44+,45-,49+,50+,51+,52?,55-,57+;/m0./s1. The Morgan fingerprint density at radius 3 is 1.54 bits per heavy atom. The van der Waals surface area contributed by atoms with Crippen molar-refractivity contribution < 1.29 is 92.0 Å². The number of aliphatic hydroxyl groups excluding tert-OH is 4. The number of nitrogens with one attached hydrogen (secondary N) is 2. The van der Waals surface area contributed by atoms with Gasteiger partial charge in [0.15, 0.2) is 18.5 Å². The molecule has 1 heterocycles. The topological polar surface area (TPSA) is 409 Å². The third kappa shape index (κ3) is 36.8. The van der Waals surface area contributed by atoms with Crippen LogP contribution in [0.2, 0.25) is 0 Å². The summed E-state index contributed by atoms with van der Waals surface area (Å²) >= 11 is 0. The summed E-state index contributed by atoms with van der Waals surface area (Å²) in [7, 11) is -2.44. The van der Waals surface area contributed by atoms with Crippen LogP contribution in [0.15, 0.2) is 0 Å². The molecule has 0 aromatic rings. The van der Waals surface area contributed by atoms with Crippen molar-refractivity contribution in [3.63, 3.8) is 0 Å². The second-order valence-corrected chi connectivity index (χ2v) is 23.4. The van der Waals surface area contributed by atoms with E-state index in [2.05, 4.69) is 29.0 Å². The molecule has 12 atom stereocenters. The number of unbranched alkanes of at least 4 members (excludes halogenated alkanes) is 24. The summed E-state index contributed by atoms with van der Waals surface area (Å²) in [6.45, 7) is 7.82. The Labute approximate surface area is 506 Å². The number of carbonyl (C=O) groups is 7. The van der Waals surface area contributed by atoms with Gasteiger partial charge in [0.1, 0.15) is 48.6 Å². The maximum absolute atomic E-state index is 14.2. The second kappa shape index (κ2) is 48.9. The fraction of sp³-hybridized carbons (Fsp3) is 0.881. The van der Waals surface area contributed by atoms with E-state index in [4.69, 9.17) is 41.0 Å². The number of carbonyl (C=O) groups excluding carboxylic acids is 6. The molecule has 0 radical (unpaired) electrons.